The van der Waals surface area contributed by atoms with E-state index in [1.165, 1.54) is 11.4 Å². The zero-order chi connectivity index (χ0) is 9.78. The van der Waals surface area contributed by atoms with Crippen LogP contribution in [0.25, 0.3) is 0 Å². The minimum absolute atomic E-state index is 0.282. The molecule has 0 aliphatic carbocycles. The molecule has 0 rings (SSSR count). The van der Waals surface area contributed by atoms with Gasteiger partial charge >= 0.3 is 0 Å². The summed E-state index contributed by atoms with van der Waals surface area (Å²) >= 11 is 0. The Morgan fingerprint density at radius 3 is 2.25 bits per heavy atom. The van der Waals surface area contributed by atoms with Crippen molar-refractivity contribution < 1.29 is 9.59 Å². The topological polar surface area (TPSA) is 61.4 Å². The van der Waals surface area contributed by atoms with Crippen LogP contribution in [0.4, 0.5) is 0 Å². The number of carbonyl (C=O) groups is 1. The van der Waals surface area contributed by atoms with Gasteiger partial charge < -0.3 is 10.1 Å². The molecular weight excluding hydrogens is 158 g/mol. The lowest BCUT2D eigenvalue weighted by Crippen LogP contribution is -2.55. The van der Waals surface area contributed by atoms with Gasteiger partial charge in [0.1, 0.15) is 0 Å². The van der Waals surface area contributed by atoms with Crippen molar-refractivity contribution in [1.82, 2.24) is 15.8 Å². The van der Waals surface area contributed by atoms with E-state index in [-0.39, 0.29) is 5.91 Å². The van der Waals surface area contributed by atoms with Crippen LogP contribution in [0.5, 0.6) is 0 Å². The van der Waals surface area contributed by atoms with E-state index < -0.39 is 5.54 Å². The number of amides is 2. The highest BCUT2D eigenvalue weighted by Crippen LogP contribution is 1.99. The summed E-state index contributed by atoms with van der Waals surface area (Å²) in [5.74, 6) is -0.282. The minimum atomic E-state index is -0.925. The largest absolute Gasteiger partial charge is 0.520 e. The summed E-state index contributed by atoms with van der Waals surface area (Å²) in [7, 11) is 3.39. The highest BCUT2D eigenvalue weighted by molar-refractivity contribution is 5.86. The third-order valence-electron chi connectivity index (χ3n) is 1.26. The smallest absolute Gasteiger partial charge is 0.256 e. The van der Waals surface area contributed by atoms with Gasteiger partial charge in [-0.1, -0.05) is 0 Å². The highest BCUT2D eigenvalue weighted by Gasteiger charge is 2.23. The van der Waals surface area contributed by atoms with Crippen LogP contribution in [0.3, 0.4) is 0 Å². The highest BCUT2D eigenvalue weighted by atomic mass is 16.2. The van der Waals surface area contributed by atoms with Crippen molar-refractivity contribution in [2.45, 2.75) is 19.4 Å². The standard InChI is InChI=1S/C7H14N3O2/c1-7(2,8-5-11)6(12)9-10(3)4/h1-4H3,(H,8,11)(H,9,12)/q-1. The summed E-state index contributed by atoms with van der Waals surface area (Å²) in [5, 5.41) is 3.79. The summed E-state index contributed by atoms with van der Waals surface area (Å²) in [6, 6.07) is 0. The minimum Gasteiger partial charge on any atom is -0.520 e. The van der Waals surface area contributed by atoms with Crippen molar-refractivity contribution in [3.8, 4) is 0 Å². The van der Waals surface area contributed by atoms with E-state index in [2.05, 4.69) is 10.7 Å². The molecule has 2 N–H and O–H groups in total. The monoisotopic (exact) mass is 172 g/mol. The molecule has 0 heterocycles. The van der Waals surface area contributed by atoms with Gasteiger partial charge in [-0.05, 0) is 13.8 Å². The Morgan fingerprint density at radius 2 is 1.92 bits per heavy atom. The first-order valence-corrected chi connectivity index (χ1v) is 3.53. The van der Waals surface area contributed by atoms with Crippen LogP contribution in [0, 0.1) is 0 Å². The molecule has 0 saturated carbocycles. The second-order valence-electron chi connectivity index (χ2n) is 3.19. The molecule has 0 fully saturated rings. The Bertz CT molecular complexity index is 177. The van der Waals surface area contributed by atoms with Crippen LogP contribution in [0.2, 0.25) is 0 Å². The van der Waals surface area contributed by atoms with Gasteiger partial charge in [0.25, 0.3) is 5.91 Å². The molecule has 12 heavy (non-hydrogen) atoms. The van der Waals surface area contributed by atoms with E-state index in [0.717, 1.165) is 0 Å². The molecule has 2 amide bonds. The van der Waals surface area contributed by atoms with E-state index >= 15 is 0 Å². The molecule has 0 saturated heterocycles. The predicted octanol–water partition coefficient (Wildman–Crippen LogP) is -0.985. The number of hydrazine groups is 1. The zero-order valence-electron chi connectivity index (χ0n) is 7.76. The lowest BCUT2D eigenvalue weighted by Gasteiger charge is -2.29. The van der Waals surface area contributed by atoms with Gasteiger partial charge in [-0.15, -0.1) is 0 Å². The molecule has 70 valence electrons. The van der Waals surface area contributed by atoms with Crippen LogP contribution < -0.4 is 10.7 Å². The molecule has 0 spiro atoms. The molecule has 0 aromatic heterocycles. The molecule has 0 radical (unpaired) electrons. The average Bonchev–Trinajstić information content (AvgIpc) is 1.85. The number of hydrogen-bond donors (Lipinski definition) is 2. The van der Waals surface area contributed by atoms with Gasteiger partial charge in [0.15, 0.2) is 0 Å². The Morgan fingerprint density at radius 1 is 1.42 bits per heavy atom. The van der Waals surface area contributed by atoms with Crippen LogP contribution >= 0.6 is 0 Å². The van der Waals surface area contributed by atoms with Gasteiger partial charge in [-0.2, -0.15) is 6.41 Å². The summed E-state index contributed by atoms with van der Waals surface area (Å²) in [6.45, 7) is 3.19. The van der Waals surface area contributed by atoms with Gasteiger partial charge in [0.2, 0.25) is 0 Å². The number of hydrogen-bond acceptors (Lipinski definition) is 3. The first kappa shape index (κ1) is 10.9. The van der Waals surface area contributed by atoms with Crippen LogP contribution in [0.15, 0.2) is 0 Å². The van der Waals surface area contributed by atoms with E-state index in [1.54, 1.807) is 27.9 Å². The molecule has 0 aromatic rings. The van der Waals surface area contributed by atoms with Crippen LogP contribution in [-0.4, -0.2) is 37.0 Å². The van der Waals surface area contributed by atoms with Gasteiger partial charge in [-0.25, -0.2) is 5.01 Å². The summed E-state index contributed by atoms with van der Waals surface area (Å²) in [4.78, 5) is 21.3. The van der Waals surface area contributed by atoms with Crippen molar-refractivity contribution in [2.75, 3.05) is 14.1 Å². The number of nitrogens with zero attached hydrogens (tertiary/aromatic N) is 1. The fourth-order valence-electron chi connectivity index (χ4n) is 0.527. The Balaban J connectivity index is 4.14. The lowest BCUT2D eigenvalue weighted by molar-refractivity contribution is -0.129. The molecule has 0 bridgehead atoms. The van der Waals surface area contributed by atoms with E-state index in [4.69, 9.17) is 0 Å². The Labute approximate surface area is 72.1 Å². The quantitative estimate of drug-likeness (QED) is 0.325. The molecule has 0 unspecified atom stereocenters. The molecule has 0 atom stereocenters. The maximum Gasteiger partial charge on any atom is 0.256 e. The number of rotatable bonds is 4. The first-order valence-electron chi connectivity index (χ1n) is 3.53. The summed E-state index contributed by atoms with van der Waals surface area (Å²) < 4.78 is 0. The first-order chi connectivity index (χ1) is 5.40. The fraction of sp³-hybridized carbons (Fsp3) is 0.714. The Kier molecular flexibility index (Phi) is 3.69. The molecular formula is C7H14N3O2-. The second-order valence-corrected chi connectivity index (χ2v) is 3.19. The maximum absolute atomic E-state index is 11.3. The Hall–Kier alpha value is -1.10. The van der Waals surface area contributed by atoms with Crippen molar-refractivity contribution in [3.05, 3.63) is 0 Å². The molecule has 0 aromatic carbocycles. The van der Waals surface area contributed by atoms with Crippen LogP contribution in [-0.2, 0) is 9.59 Å². The van der Waals surface area contributed by atoms with E-state index in [9.17, 15) is 9.59 Å². The van der Waals surface area contributed by atoms with Crippen molar-refractivity contribution in [2.24, 2.45) is 0 Å². The van der Waals surface area contributed by atoms with Gasteiger partial charge in [0.05, 0.1) is 5.54 Å². The molecule has 5 heteroatoms. The molecule has 0 aliphatic heterocycles. The molecule has 0 aliphatic rings. The van der Waals surface area contributed by atoms with Gasteiger partial charge in [-0.3, -0.25) is 10.2 Å². The van der Waals surface area contributed by atoms with Crippen molar-refractivity contribution in [1.29, 1.82) is 0 Å². The van der Waals surface area contributed by atoms with E-state index in [0.29, 0.717) is 0 Å². The number of nitrogens with one attached hydrogen (secondary N) is 2. The summed E-state index contributed by atoms with van der Waals surface area (Å²) in [6.07, 6.45) is 1.48. The second kappa shape index (κ2) is 4.06. The van der Waals surface area contributed by atoms with Gasteiger partial charge in [0, 0.05) is 14.1 Å². The third-order valence-corrected chi connectivity index (χ3v) is 1.26. The van der Waals surface area contributed by atoms with Crippen molar-refractivity contribution in [3.63, 3.8) is 0 Å². The lowest BCUT2D eigenvalue weighted by atomic mass is 10.1. The SMILES string of the molecule is CN(C)NC(=O)C(C)(C)N[C-]=O. The zero-order valence-corrected chi connectivity index (χ0v) is 7.76. The predicted molar refractivity (Wildman–Crippen MR) is 44.7 cm³/mol. The number of carbonyl (C=O) groups excluding carboxylic acids is 2. The average molecular weight is 172 g/mol. The van der Waals surface area contributed by atoms with Crippen LogP contribution in [0.1, 0.15) is 13.8 Å². The van der Waals surface area contributed by atoms with Crippen molar-refractivity contribution >= 4 is 12.3 Å². The van der Waals surface area contributed by atoms with E-state index in [1.807, 2.05) is 0 Å². The third kappa shape index (κ3) is 3.34. The summed E-state index contributed by atoms with van der Waals surface area (Å²) in [5.41, 5.74) is 1.60. The fourth-order valence-corrected chi connectivity index (χ4v) is 0.527. The molecule has 5 nitrogen and oxygen atoms in total. The maximum atomic E-state index is 11.3. The normalized spacial score (nSPS) is 11.1.